The minimum absolute atomic E-state index is 0.0188. The average molecular weight is 259 g/mol. The minimum Gasteiger partial charge on any atom is -0.355 e. The summed E-state index contributed by atoms with van der Waals surface area (Å²) >= 11 is 0. The standard InChI is InChI=1S/C15H18FN3/c1-3-11-9-19-14(10(2)8-17-15(19)18-11)12-6-4-5-7-13(12)16/h4-7,9-10,14H,3,8H2,1-2H3,(H,17,18). The predicted molar refractivity (Wildman–Crippen MR) is 73.8 cm³/mol. The Kier molecular flexibility index (Phi) is 3.01. The first-order chi connectivity index (χ1) is 9.20. The Labute approximate surface area is 112 Å². The molecule has 3 rings (SSSR count). The zero-order valence-corrected chi connectivity index (χ0v) is 11.2. The van der Waals surface area contributed by atoms with Gasteiger partial charge in [-0.1, -0.05) is 32.0 Å². The third-order valence-corrected chi connectivity index (χ3v) is 3.79. The molecule has 0 spiro atoms. The van der Waals surface area contributed by atoms with Crippen molar-refractivity contribution in [1.82, 2.24) is 9.55 Å². The number of hydrogen-bond acceptors (Lipinski definition) is 2. The number of aryl methyl sites for hydroxylation is 1. The molecule has 1 aliphatic heterocycles. The fraction of sp³-hybridized carbons (Fsp3) is 0.400. The summed E-state index contributed by atoms with van der Waals surface area (Å²) in [5.74, 6) is 1.03. The Hall–Kier alpha value is -1.84. The molecule has 1 aliphatic rings. The van der Waals surface area contributed by atoms with E-state index in [0.717, 1.165) is 30.2 Å². The first kappa shape index (κ1) is 12.2. The summed E-state index contributed by atoms with van der Waals surface area (Å²) in [7, 11) is 0. The lowest BCUT2D eigenvalue weighted by molar-refractivity contribution is 0.388. The van der Waals surface area contributed by atoms with Gasteiger partial charge in [-0.15, -0.1) is 0 Å². The van der Waals surface area contributed by atoms with Gasteiger partial charge in [0.2, 0.25) is 5.95 Å². The normalized spacial score (nSPS) is 21.8. The minimum atomic E-state index is -0.140. The number of imidazole rings is 1. The summed E-state index contributed by atoms with van der Waals surface area (Å²) < 4.78 is 16.2. The van der Waals surface area contributed by atoms with Crippen molar-refractivity contribution < 1.29 is 4.39 Å². The number of benzene rings is 1. The Morgan fingerprint density at radius 2 is 2.21 bits per heavy atom. The number of aromatic nitrogens is 2. The van der Waals surface area contributed by atoms with Crippen molar-refractivity contribution in [2.24, 2.45) is 5.92 Å². The number of fused-ring (bicyclic) bond motifs is 1. The van der Waals surface area contributed by atoms with Crippen molar-refractivity contribution in [3.63, 3.8) is 0 Å². The molecule has 0 fully saturated rings. The number of hydrogen-bond donors (Lipinski definition) is 1. The van der Waals surface area contributed by atoms with Gasteiger partial charge in [-0.05, 0) is 18.4 Å². The van der Waals surface area contributed by atoms with Crippen LogP contribution in [0.2, 0.25) is 0 Å². The molecule has 0 saturated carbocycles. The van der Waals surface area contributed by atoms with E-state index in [9.17, 15) is 4.39 Å². The molecular formula is C15H18FN3. The largest absolute Gasteiger partial charge is 0.355 e. The van der Waals surface area contributed by atoms with Crippen LogP contribution in [0.25, 0.3) is 0 Å². The van der Waals surface area contributed by atoms with Gasteiger partial charge in [0.1, 0.15) is 5.82 Å². The van der Waals surface area contributed by atoms with E-state index in [4.69, 9.17) is 0 Å². The van der Waals surface area contributed by atoms with Gasteiger partial charge in [0.15, 0.2) is 0 Å². The average Bonchev–Trinajstić information content (AvgIpc) is 2.83. The van der Waals surface area contributed by atoms with E-state index in [1.807, 2.05) is 18.3 Å². The first-order valence-electron chi connectivity index (χ1n) is 6.76. The molecule has 0 amide bonds. The van der Waals surface area contributed by atoms with Gasteiger partial charge in [0.05, 0.1) is 11.7 Å². The summed E-state index contributed by atoms with van der Waals surface area (Å²) in [5, 5.41) is 3.32. The lowest BCUT2D eigenvalue weighted by Gasteiger charge is -2.32. The molecule has 3 nitrogen and oxygen atoms in total. The fourth-order valence-electron chi connectivity index (χ4n) is 2.77. The third kappa shape index (κ3) is 2.01. The number of anilines is 1. The zero-order chi connectivity index (χ0) is 13.4. The molecule has 0 aliphatic carbocycles. The Morgan fingerprint density at radius 3 is 2.95 bits per heavy atom. The number of rotatable bonds is 2. The second-order valence-corrected chi connectivity index (χ2v) is 5.14. The molecular weight excluding hydrogens is 241 g/mol. The Morgan fingerprint density at radius 1 is 1.42 bits per heavy atom. The van der Waals surface area contributed by atoms with Gasteiger partial charge in [-0.2, -0.15) is 0 Å². The van der Waals surface area contributed by atoms with Crippen LogP contribution in [0, 0.1) is 11.7 Å². The maximum absolute atomic E-state index is 14.1. The third-order valence-electron chi connectivity index (χ3n) is 3.79. The molecule has 2 atom stereocenters. The van der Waals surface area contributed by atoms with Crippen LogP contribution in [-0.2, 0) is 6.42 Å². The van der Waals surface area contributed by atoms with Crippen LogP contribution in [0.1, 0.15) is 31.1 Å². The van der Waals surface area contributed by atoms with Crippen molar-refractivity contribution in [1.29, 1.82) is 0 Å². The summed E-state index contributed by atoms with van der Waals surface area (Å²) in [6, 6.07) is 7.05. The lowest BCUT2D eigenvalue weighted by atomic mass is 9.92. The highest BCUT2D eigenvalue weighted by molar-refractivity contribution is 5.37. The van der Waals surface area contributed by atoms with Crippen molar-refractivity contribution in [2.75, 3.05) is 11.9 Å². The molecule has 4 heteroatoms. The molecule has 2 aromatic rings. The number of halogens is 1. The van der Waals surface area contributed by atoms with Crippen LogP contribution >= 0.6 is 0 Å². The molecule has 1 aromatic carbocycles. The molecule has 1 aromatic heterocycles. The van der Waals surface area contributed by atoms with Crippen LogP contribution < -0.4 is 5.32 Å². The predicted octanol–water partition coefficient (Wildman–Crippen LogP) is 3.24. The smallest absolute Gasteiger partial charge is 0.203 e. The molecule has 2 unspecified atom stereocenters. The second-order valence-electron chi connectivity index (χ2n) is 5.14. The molecule has 19 heavy (non-hydrogen) atoms. The summed E-state index contributed by atoms with van der Waals surface area (Å²) in [6.45, 7) is 5.04. The zero-order valence-electron chi connectivity index (χ0n) is 11.2. The Bertz CT molecular complexity index is 591. The van der Waals surface area contributed by atoms with Crippen molar-refractivity contribution >= 4 is 5.95 Å². The Balaban J connectivity index is 2.11. The van der Waals surface area contributed by atoms with Crippen LogP contribution in [-0.4, -0.2) is 16.1 Å². The lowest BCUT2D eigenvalue weighted by Crippen LogP contribution is -2.31. The highest BCUT2D eigenvalue weighted by Crippen LogP contribution is 2.34. The van der Waals surface area contributed by atoms with E-state index < -0.39 is 0 Å². The highest BCUT2D eigenvalue weighted by Gasteiger charge is 2.30. The van der Waals surface area contributed by atoms with Crippen LogP contribution in [0.4, 0.5) is 10.3 Å². The highest BCUT2D eigenvalue weighted by atomic mass is 19.1. The first-order valence-corrected chi connectivity index (χ1v) is 6.76. The second kappa shape index (κ2) is 4.68. The number of nitrogens with one attached hydrogen (secondary N) is 1. The molecule has 1 N–H and O–H groups in total. The van der Waals surface area contributed by atoms with Gasteiger partial charge < -0.3 is 9.88 Å². The van der Waals surface area contributed by atoms with E-state index in [1.165, 1.54) is 6.07 Å². The number of nitrogens with zero attached hydrogens (tertiary/aromatic N) is 2. The summed E-state index contributed by atoms with van der Waals surface area (Å²) in [5.41, 5.74) is 1.79. The van der Waals surface area contributed by atoms with E-state index in [0.29, 0.717) is 5.92 Å². The van der Waals surface area contributed by atoms with Gasteiger partial charge in [-0.3, -0.25) is 0 Å². The van der Waals surface area contributed by atoms with Crippen molar-refractivity contribution in [2.45, 2.75) is 26.3 Å². The SMILES string of the molecule is CCc1cn2c(n1)NCC(C)C2c1ccccc1F. The molecule has 0 radical (unpaired) electrons. The van der Waals surface area contributed by atoms with E-state index in [-0.39, 0.29) is 11.9 Å². The fourth-order valence-corrected chi connectivity index (χ4v) is 2.77. The molecule has 0 saturated heterocycles. The van der Waals surface area contributed by atoms with Crippen LogP contribution in [0.3, 0.4) is 0 Å². The van der Waals surface area contributed by atoms with E-state index >= 15 is 0 Å². The molecule has 2 heterocycles. The van der Waals surface area contributed by atoms with Gasteiger partial charge in [0.25, 0.3) is 0 Å². The van der Waals surface area contributed by atoms with Gasteiger partial charge >= 0.3 is 0 Å². The van der Waals surface area contributed by atoms with Crippen molar-refractivity contribution in [3.05, 3.63) is 47.5 Å². The maximum Gasteiger partial charge on any atom is 0.203 e. The quantitative estimate of drug-likeness (QED) is 0.897. The summed E-state index contributed by atoms with van der Waals surface area (Å²) in [6.07, 6.45) is 2.93. The topological polar surface area (TPSA) is 29.9 Å². The van der Waals surface area contributed by atoms with Crippen LogP contribution in [0.15, 0.2) is 30.5 Å². The van der Waals surface area contributed by atoms with Gasteiger partial charge in [-0.25, -0.2) is 9.37 Å². The van der Waals surface area contributed by atoms with Crippen LogP contribution in [0.5, 0.6) is 0 Å². The monoisotopic (exact) mass is 259 g/mol. The molecule has 0 bridgehead atoms. The van der Waals surface area contributed by atoms with Gasteiger partial charge in [0, 0.05) is 18.3 Å². The summed E-state index contributed by atoms with van der Waals surface area (Å²) in [4.78, 5) is 4.54. The maximum atomic E-state index is 14.1. The van der Waals surface area contributed by atoms with E-state index in [1.54, 1.807) is 6.07 Å². The molecule has 100 valence electrons. The van der Waals surface area contributed by atoms with E-state index in [2.05, 4.69) is 28.7 Å². The van der Waals surface area contributed by atoms with Crippen molar-refractivity contribution in [3.8, 4) is 0 Å².